The van der Waals surface area contributed by atoms with Crippen LogP contribution in [0.15, 0.2) is 5.38 Å². The number of hydrogen-bond donors (Lipinski definition) is 1. The fourth-order valence-corrected chi connectivity index (χ4v) is 3.38. The average molecular weight is 195 g/mol. The van der Waals surface area contributed by atoms with Crippen LogP contribution >= 0.6 is 11.3 Å². The highest BCUT2D eigenvalue weighted by molar-refractivity contribution is 7.10. The second-order valence-electron chi connectivity index (χ2n) is 4.88. The summed E-state index contributed by atoms with van der Waals surface area (Å²) >= 11 is 1.89. The molecule has 0 aromatic carbocycles. The van der Waals surface area contributed by atoms with E-state index in [1.54, 1.807) is 0 Å². The highest BCUT2D eigenvalue weighted by atomic mass is 32.1. The van der Waals surface area contributed by atoms with E-state index >= 15 is 0 Å². The third-order valence-electron chi connectivity index (χ3n) is 2.77. The zero-order valence-corrected chi connectivity index (χ0v) is 9.37. The minimum Gasteiger partial charge on any atom is -0.324 e. The van der Waals surface area contributed by atoms with Crippen LogP contribution in [0.5, 0.6) is 0 Å². The van der Waals surface area contributed by atoms with Gasteiger partial charge >= 0.3 is 0 Å². The molecule has 1 aromatic rings. The van der Waals surface area contributed by atoms with E-state index < -0.39 is 0 Å². The first-order valence-corrected chi connectivity index (χ1v) is 5.74. The molecule has 0 spiro atoms. The van der Waals surface area contributed by atoms with Crippen LogP contribution in [-0.4, -0.2) is 0 Å². The molecule has 0 aliphatic heterocycles. The van der Waals surface area contributed by atoms with Crippen molar-refractivity contribution in [1.29, 1.82) is 0 Å². The first-order valence-electron chi connectivity index (χ1n) is 4.86. The van der Waals surface area contributed by atoms with Crippen molar-refractivity contribution in [1.82, 2.24) is 0 Å². The van der Waals surface area contributed by atoms with Gasteiger partial charge in [-0.1, -0.05) is 20.8 Å². The van der Waals surface area contributed by atoms with E-state index in [1.165, 1.54) is 22.4 Å². The van der Waals surface area contributed by atoms with Gasteiger partial charge in [-0.15, -0.1) is 11.3 Å². The van der Waals surface area contributed by atoms with Gasteiger partial charge in [-0.05, 0) is 34.8 Å². The Hall–Kier alpha value is -0.340. The van der Waals surface area contributed by atoms with E-state index in [-0.39, 0.29) is 5.41 Å². The normalized spacial score (nSPS) is 22.0. The van der Waals surface area contributed by atoms with Crippen LogP contribution in [-0.2, 0) is 11.8 Å². The molecule has 0 amide bonds. The lowest BCUT2D eigenvalue weighted by molar-refractivity contribution is 0.575. The van der Waals surface area contributed by atoms with E-state index in [0.29, 0.717) is 6.04 Å². The molecule has 1 nitrogen and oxygen atoms in total. The van der Waals surface area contributed by atoms with Gasteiger partial charge in [-0.3, -0.25) is 0 Å². The molecular formula is C11H17NS. The summed E-state index contributed by atoms with van der Waals surface area (Å²) in [7, 11) is 0. The third kappa shape index (κ3) is 1.42. The van der Waals surface area contributed by atoms with Gasteiger partial charge in [0.2, 0.25) is 0 Å². The number of rotatable bonds is 0. The zero-order chi connectivity index (χ0) is 9.64. The van der Waals surface area contributed by atoms with Crippen molar-refractivity contribution >= 4 is 11.3 Å². The average Bonchev–Trinajstić information content (AvgIpc) is 2.51. The maximum Gasteiger partial charge on any atom is 0.0312 e. The molecule has 1 atom stereocenters. The van der Waals surface area contributed by atoms with Crippen LogP contribution in [0.25, 0.3) is 0 Å². The summed E-state index contributed by atoms with van der Waals surface area (Å²) in [6.45, 7) is 6.79. The zero-order valence-electron chi connectivity index (χ0n) is 8.55. The number of aryl methyl sites for hydroxylation is 1. The summed E-state index contributed by atoms with van der Waals surface area (Å²) in [4.78, 5) is 1.53. The van der Waals surface area contributed by atoms with Crippen LogP contribution in [0.2, 0.25) is 0 Å². The largest absolute Gasteiger partial charge is 0.324 e. The lowest BCUT2D eigenvalue weighted by Gasteiger charge is -2.20. The first kappa shape index (κ1) is 9.22. The van der Waals surface area contributed by atoms with E-state index in [2.05, 4.69) is 26.2 Å². The highest BCUT2D eigenvalue weighted by Crippen LogP contribution is 2.41. The first-order chi connectivity index (χ1) is 6.00. The lowest BCUT2D eigenvalue weighted by atomic mass is 9.85. The van der Waals surface area contributed by atoms with Crippen molar-refractivity contribution in [2.75, 3.05) is 0 Å². The molecule has 0 radical (unpaired) electrons. The quantitative estimate of drug-likeness (QED) is 0.676. The van der Waals surface area contributed by atoms with Gasteiger partial charge < -0.3 is 5.73 Å². The Morgan fingerprint density at radius 2 is 2.15 bits per heavy atom. The molecule has 2 heteroatoms. The third-order valence-corrected chi connectivity index (χ3v) is 3.83. The smallest absolute Gasteiger partial charge is 0.0312 e. The van der Waals surface area contributed by atoms with Crippen LogP contribution in [0.3, 0.4) is 0 Å². The highest BCUT2D eigenvalue weighted by Gasteiger charge is 2.29. The molecule has 0 saturated heterocycles. The molecule has 0 saturated carbocycles. The van der Waals surface area contributed by atoms with E-state index in [9.17, 15) is 0 Å². The molecule has 72 valence electrons. The molecule has 1 aliphatic rings. The Balaban J connectivity index is 2.50. The number of thiophene rings is 1. The Bertz CT molecular complexity index is 319. The number of hydrogen-bond acceptors (Lipinski definition) is 2. The molecule has 1 aliphatic carbocycles. The second kappa shape index (κ2) is 2.82. The predicted octanol–water partition coefficient (Wildman–Crippen LogP) is 2.99. The van der Waals surface area contributed by atoms with Crippen LogP contribution in [0, 0.1) is 0 Å². The van der Waals surface area contributed by atoms with E-state index in [1.807, 2.05) is 11.3 Å². The molecule has 1 aromatic heterocycles. The molecule has 1 heterocycles. The summed E-state index contributed by atoms with van der Waals surface area (Å²) in [6.07, 6.45) is 2.34. The summed E-state index contributed by atoms with van der Waals surface area (Å²) in [5.41, 5.74) is 9.28. The van der Waals surface area contributed by atoms with Crippen LogP contribution in [0.4, 0.5) is 0 Å². The minimum absolute atomic E-state index is 0.256. The van der Waals surface area contributed by atoms with Crippen LogP contribution in [0.1, 0.15) is 49.2 Å². The van der Waals surface area contributed by atoms with Crippen molar-refractivity contribution < 1.29 is 0 Å². The van der Waals surface area contributed by atoms with Crippen molar-refractivity contribution in [3.8, 4) is 0 Å². The van der Waals surface area contributed by atoms with Gasteiger partial charge in [0.15, 0.2) is 0 Å². The Morgan fingerprint density at radius 1 is 1.46 bits per heavy atom. The fourth-order valence-electron chi connectivity index (χ4n) is 2.02. The van der Waals surface area contributed by atoms with Crippen molar-refractivity contribution in [2.45, 2.75) is 45.1 Å². The van der Waals surface area contributed by atoms with Gasteiger partial charge in [0.25, 0.3) is 0 Å². The number of fused-ring (bicyclic) bond motifs is 1. The number of nitrogens with two attached hydrogens (primary N) is 1. The Labute approximate surface area is 84.0 Å². The van der Waals surface area contributed by atoms with Crippen molar-refractivity contribution in [3.63, 3.8) is 0 Å². The van der Waals surface area contributed by atoms with Gasteiger partial charge in [0, 0.05) is 10.9 Å². The maximum atomic E-state index is 6.09. The topological polar surface area (TPSA) is 26.0 Å². The summed E-state index contributed by atoms with van der Waals surface area (Å²) in [5.74, 6) is 0. The molecule has 2 N–H and O–H groups in total. The summed E-state index contributed by atoms with van der Waals surface area (Å²) in [6, 6.07) is 0.301. The molecular weight excluding hydrogens is 178 g/mol. The van der Waals surface area contributed by atoms with Gasteiger partial charge in [-0.25, -0.2) is 0 Å². The summed E-state index contributed by atoms with van der Waals surface area (Å²) in [5, 5.41) is 2.30. The fraction of sp³-hybridized carbons (Fsp3) is 0.636. The molecule has 0 fully saturated rings. The standard InChI is InChI=1S/C11H17NS/c1-11(2,3)7-6-13-9-5-4-8(12)10(7)9/h6,8H,4-5,12H2,1-3H3. The van der Waals surface area contributed by atoms with Crippen molar-refractivity contribution in [3.05, 3.63) is 21.4 Å². The summed E-state index contributed by atoms with van der Waals surface area (Å²) < 4.78 is 0. The predicted molar refractivity (Wildman–Crippen MR) is 58.3 cm³/mol. The SMILES string of the molecule is CC(C)(C)c1csc2c1C(N)CC2. The Morgan fingerprint density at radius 3 is 2.77 bits per heavy atom. The van der Waals surface area contributed by atoms with Crippen molar-refractivity contribution in [2.24, 2.45) is 5.73 Å². The molecule has 1 unspecified atom stereocenters. The van der Waals surface area contributed by atoms with Gasteiger partial charge in [0.1, 0.15) is 0 Å². The monoisotopic (exact) mass is 195 g/mol. The lowest BCUT2D eigenvalue weighted by Crippen LogP contribution is -2.16. The van der Waals surface area contributed by atoms with E-state index in [0.717, 1.165) is 6.42 Å². The Kier molecular flexibility index (Phi) is 2.00. The molecule has 13 heavy (non-hydrogen) atoms. The minimum atomic E-state index is 0.256. The van der Waals surface area contributed by atoms with Gasteiger partial charge in [0.05, 0.1) is 0 Å². The van der Waals surface area contributed by atoms with E-state index in [4.69, 9.17) is 5.73 Å². The van der Waals surface area contributed by atoms with Crippen LogP contribution < -0.4 is 5.73 Å². The maximum absolute atomic E-state index is 6.09. The molecule has 2 rings (SSSR count). The van der Waals surface area contributed by atoms with Gasteiger partial charge in [-0.2, -0.15) is 0 Å². The second-order valence-corrected chi connectivity index (χ2v) is 5.85. The molecule has 0 bridgehead atoms.